The Morgan fingerprint density at radius 3 is 2.46 bits per heavy atom. The summed E-state index contributed by atoms with van der Waals surface area (Å²) < 4.78 is 0. The molecule has 0 saturated carbocycles. The minimum absolute atomic E-state index is 0.0995. The number of rotatable bonds is 5. The van der Waals surface area contributed by atoms with E-state index in [4.69, 9.17) is 11.6 Å². The monoisotopic (exact) mass is 383 g/mol. The minimum atomic E-state index is -0.0995. The third-order valence-corrected chi connectivity index (χ3v) is 4.95. The summed E-state index contributed by atoms with van der Waals surface area (Å²) in [6.07, 6.45) is 0. The van der Waals surface area contributed by atoms with Crippen molar-refractivity contribution in [3.8, 4) is 11.3 Å². The van der Waals surface area contributed by atoms with E-state index in [0.29, 0.717) is 10.0 Å². The number of benzene rings is 2. The predicted octanol–water partition coefficient (Wildman–Crippen LogP) is 5.14. The van der Waals surface area contributed by atoms with E-state index in [2.05, 4.69) is 47.6 Å². The summed E-state index contributed by atoms with van der Waals surface area (Å²) in [4.78, 5) is 12.0. The van der Waals surface area contributed by atoms with Crippen molar-refractivity contribution in [3.05, 3.63) is 70.7 Å². The van der Waals surface area contributed by atoms with Crippen LogP contribution in [0.4, 0.5) is 5.69 Å². The molecule has 0 saturated heterocycles. The molecule has 6 heteroatoms. The van der Waals surface area contributed by atoms with Gasteiger partial charge in [-0.3, -0.25) is 4.79 Å². The summed E-state index contributed by atoms with van der Waals surface area (Å²) in [6.45, 7) is 4.13. The van der Waals surface area contributed by atoms with Crippen molar-refractivity contribution in [2.45, 2.75) is 18.9 Å². The van der Waals surface area contributed by atoms with Crippen LogP contribution in [0, 0.1) is 13.8 Å². The largest absolute Gasteiger partial charge is 0.325 e. The highest BCUT2D eigenvalue weighted by atomic mass is 35.5. The van der Waals surface area contributed by atoms with E-state index in [9.17, 15) is 4.79 Å². The van der Waals surface area contributed by atoms with Gasteiger partial charge in [-0.05, 0) is 55.8 Å². The Bertz CT molecular complexity index is 911. The molecule has 0 unspecified atom stereocenters. The summed E-state index contributed by atoms with van der Waals surface area (Å²) in [5, 5.41) is 12.7. The average molecular weight is 384 g/mol. The van der Waals surface area contributed by atoms with Crippen LogP contribution in [0.5, 0.6) is 0 Å². The zero-order valence-electron chi connectivity index (χ0n) is 14.5. The second-order valence-corrected chi connectivity index (χ2v) is 7.35. The first-order valence-electron chi connectivity index (χ1n) is 8.11. The lowest BCUT2D eigenvalue weighted by Crippen LogP contribution is -2.14. The topological polar surface area (TPSA) is 54.9 Å². The van der Waals surface area contributed by atoms with Crippen LogP contribution in [0.2, 0.25) is 5.02 Å². The van der Waals surface area contributed by atoms with Crippen LogP contribution in [0.15, 0.2) is 59.6 Å². The first-order chi connectivity index (χ1) is 12.5. The number of hydrogen-bond acceptors (Lipinski definition) is 4. The molecule has 0 bridgehead atoms. The second-order valence-electron chi connectivity index (χ2n) is 5.92. The van der Waals surface area contributed by atoms with Crippen molar-refractivity contribution in [2.24, 2.45) is 0 Å². The SMILES string of the molecule is Cc1ccc(-c2ccc(SCC(=O)Nc3ccc(Cl)cc3)nn2)c(C)c1. The molecule has 0 spiro atoms. The van der Waals surface area contributed by atoms with Crippen LogP contribution in [-0.4, -0.2) is 21.9 Å². The number of carbonyl (C=O) groups excluding carboxylic acids is 1. The van der Waals surface area contributed by atoms with E-state index in [1.165, 1.54) is 22.9 Å². The third kappa shape index (κ3) is 4.84. The van der Waals surface area contributed by atoms with Crippen LogP contribution in [0.1, 0.15) is 11.1 Å². The molecule has 0 radical (unpaired) electrons. The normalized spacial score (nSPS) is 10.6. The lowest BCUT2D eigenvalue weighted by molar-refractivity contribution is -0.113. The van der Waals surface area contributed by atoms with Gasteiger partial charge in [-0.1, -0.05) is 47.1 Å². The Morgan fingerprint density at radius 2 is 1.81 bits per heavy atom. The molecule has 3 rings (SSSR count). The van der Waals surface area contributed by atoms with E-state index < -0.39 is 0 Å². The third-order valence-electron chi connectivity index (χ3n) is 3.78. The number of amides is 1. The van der Waals surface area contributed by atoms with E-state index >= 15 is 0 Å². The van der Waals surface area contributed by atoms with Crippen molar-refractivity contribution in [2.75, 3.05) is 11.1 Å². The zero-order chi connectivity index (χ0) is 18.5. The molecule has 3 aromatic rings. The number of nitrogens with one attached hydrogen (secondary N) is 1. The average Bonchev–Trinajstić information content (AvgIpc) is 2.63. The van der Waals surface area contributed by atoms with E-state index in [1.54, 1.807) is 24.3 Å². The van der Waals surface area contributed by atoms with Crippen LogP contribution in [-0.2, 0) is 4.79 Å². The fourth-order valence-corrected chi connectivity index (χ4v) is 3.25. The van der Waals surface area contributed by atoms with Crippen molar-refractivity contribution in [3.63, 3.8) is 0 Å². The first-order valence-corrected chi connectivity index (χ1v) is 9.47. The Labute approximate surface area is 162 Å². The fraction of sp³-hybridized carbons (Fsp3) is 0.150. The van der Waals surface area contributed by atoms with Gasteiger partial charge in [0.1, 0.15) is 5.03 Å². The lowest BCUT2D eigenvalue weighted by Gasteiger charge is -2.07. The molecule has 1 N–H and O–H groups in total. The number of nitrogens with zero attached hydrogens (tertiary/aromatic N) is 2. The highest BCUT2D eigenvalue weighted by Crippen LogP contribution is 2.24. The molecule has 1 aromatic heterocycles. The molecular weight excluding hydrogens is 366 g/mol. The molecule has 4 nitrogen and oxygen atoms in total. The Kier molecular flexibility index (Phi) is 5.91. The van der Waals surface area contributed by atoms with Crippen molar-refractivity contribution in [1.82, 2.24) is 10.2 Å². The number of halogens is 1. The van der Waals surface area contributed by atoms with Crippen LogP contribution in [0.25, 0.3) is 11.3 Å². The van der Waals surface area contributed by atoms with Gasteiger partial charge in [-0.2, -0.15) is 0 Å². The van der Waals surface area contributed by atoms with E-state index in [0.717, 1.165) is 16.9 Å². The predicted molar refractivity (Wildman–Crippen MR) is 108 cm³/mol. The number of aryl methyl sites for hydroxylation is 2. The molecular formula is C20H18ClN3OS. The molecule has 0 aliphatic rings. The smallest absolute Gasteiger partial charge is 0.234 e. The van der Waals surface area contributed by atoms with Crippen LogP contribution in [0.3, 0.4) is 0 Å². The van der Waals surface area contributed by atoms with Gasteiger partial charge in [-0.15, -0.1) is 10.2 Å². The van der Waals surface area contributed by atoms with Gasteiger partial charge in [0.15, 0.2) is 0 Å². The van der Waals surface area contributed by atoms with Crippen molar-refractivity contribution < 1.29 is 4.79 Å². The Balaban J connectivity index is 1.59. The molecule has 2 aromatic carbocycles. The van der Waals surface area contributed by atoms with Crippen LogP contribution < -0.4 is 5.32 Å². The number of carbonyl (C=O) groups is 1. The van der Waals surface area contributed by atoms with Gasteiger partial charge in [0.25, 0.3) is 0 Å². The van der Waals surface area contributed by atoms with Gasteiger partial charge in [0.2, 0.25) is 5.91 Å². The highest BCUT2D eigenvalue weighted by Gasteiger charge is 2.08. The van der Waals surface area contributed by atoms with Crippen molar-refractivity contribution in [1.29, 1.82) is 0 Å². The minimum Gasteiger partial charge on any atom is -0.325 e. The summed E-state index contributed by atoms with van der Waals surface area (Å²) >= 11 is 7.18. The lowest BCUT2D eigenvalue weighted by atomic mass is 10.0. The zero-order valence-corrected chi connectivity index (χ0v) is 16.1. The summed E-state index contributed by atoms with van der Waals surface area (Å²) in [5.74, 6) is 0.165. The first kappa shape index (κ1) is 18.4. The van der Waals surface area contributed by atoms with Gasteiger partial charge < -0.3 is 5.32 Å². The molecule has 0 atom stereocenters. The molecule has 26 heavy (non-hydrogen) atoms. The maximum Gasteiger partial charge on any atom is 0.234 e. The summed E-state index contributed by atoms with van der Waals surface area (Å²) in [7, 11) is 0. The van der Waals surface area contributed by atoms with Gasteiger partial charge in [0.05, 0.1) is 11.4 Å². The van der Waals surface area contributed by atoms with Crippen molar-refractivity contribution >= 4 is 35.0 Å². The fourth-order valence-electron chi connectivity index (χ4n) is 2.51. The molecule has 0 fully saturated rings. The Hall–Kier alpha value is -2.37. The molecule has 1 amide bonds. The maximum atomic E-state index is 12.0. The quantitative estimate of drug-likeness (QED) is 0.619. The van der Waals surface area contributed by atoms with Gasteiger partial charge in [-0.25, -0.2) is 0 Å². The molecule has 1 heterocycles. The van der Waals surface area contributed by atoms with E-state index in [1.807, 2.05) is 12.1 Å². The number of aromatic nitrogens is 2. The standard InChI is InChI=1S/C20H18ClN3OS/c1-13-3-8-17(14(2)11-13)18-9-10-20(24-23-18)26-12-19(25)22-16-6-4-15(21)5-7-16/h3-11H,12H2,1-2H3,(H,22,25). The highest BCUT2D eigenvalue weighted by molar-refractivity contribution is 7.99. The van der Waals surface area contributed by atoms with Gasteiger partial charge in [0, 0.05) is 16.3 Å². The number of hydrogen-bond donors (Lipinski definition) is 1. The summed E-state index contributed by atoms with van der Waals surface area (Å²) in [6, 6.07) is 17.1. The van der Waals surface area contributed by atoms with Gasteiger partial charge >= 0.3 is 0 Å². The summed E-state index contributed by atoms with van der Waals surface area (Å²) in [5.41, 5.74) is 5.01. The molecule has 132 valence electrons. The number of anilines is 1. The Morgan fingerprint density at radius 1 is 1.04 bits per heavy atom. The molecule has 0 aliphatic carbocycles. The van der Waals surface area contributed by atoms with Crippen LogP contribution >= 0.6 is 23.4 Å². The number of thioether (sulfide) groups is 1. The second kappa shape index (κ2) is 8.34. The maximum absolute atomic E-state index is 12.0. The van der Waals surface area contributed by atoms with E-state index in [-0.39, 0.29) is 11.7 Å². The molecule has 0 aliphatic heterocycles.